The monoisotopic (exact) mass is 226 g/mol. The van der Waals surface area contributed by atoms with Crippen LogP contribution in [0.15, 0.2) is 30.5 Å². The maximum Gasteiger partial charge on any atom is 0.0991 e. The molecular formula is C13H14N4. The van der Waals surface area contributed by atoms with Crippen LogP contribution in [0.4, 0.5) is 0 Å². The van der Waals surface area contributed by atoms with Crippen LogP contribution in [0.2, 0.25) is 0 Å². The van der Waals surface area contributed by atoms with Crippen molar-refractivity contribution in [3.8, 4) is 11.8 Å². The molecular weight excluding hydrogens is 212 g/mol. The summed E-state index contributed by atoms with van der Waals surface area (Å²) in [4.78, 5) is 0. The number of nitrogens with zero attached hydrogens (tertiary/aromatic N) is 3. The molecule has 1 atom stereocenters. The van der Waals surface area contributed by atoms with Gasteiger partial charge in [-0.2, -0.15) is 10.4 Å². The molecule has 0 saturated carbocycles. The number of nitriles is 1. The van der Waals surface area contributed by atoms with Gasteiger partial charge in [-0.15, -0.1) is 0 Å². The summed E-state index contributed by atoms with van der Waals surface area (Å²) in [6.45, 7) is 3.93. The molecule has 4 heteroatoms. The summed E-state index contributed by atoms with van der Waals surface area (Å²) in [7, 11) is 0. The lowest BCUT2D eigenvalue weighted by molar-refractivity contribution is 0.797. The first-order chi connectivity index (χ1) is 8.13. The first kappa shape index (κ1) is 11.4. The van der Waals surface area contributed by atoms with Crippen LogP contribution in [-0.2, 0) is 0 Å². The van der Waals surface area contributed by atoms with Crippen molar-refractivity contribution in [2.75, 3.05) is 0 Å². The lowest BCUT2D eigenvalue weighted by Gasteiger charge is -2.07. The number of hydrogen-bond acceptors (Lipinski definition) is 3. The number of nitrogens with two attached hydrogens (primary N) is 1. The highest BCUT2D eigenvalue weighted by Crippen LogP contribution is 2.18. The molecule has 0 spiro atoms. The summed E-state index contributed by atoms with van der Waals surface area (Å²) < 4.78 is 1.83. The Morgan fingerprint density at radius 3 is 2.47 bits per heavy atom. The van der Waals surface area contributed by atoms with Gasteiger partial charge in [0.2, 0.25) is 0 Å². The second kappa shape index (κ2) is 4.40. The first-order valence-electron chi connectivity index (χ1n) is 5.44. The highest BCUT2D eigenvalue weighted by atomic mass is 15.3. The van der Waals surface area contributed by atoms with Crippen molar-refractivity contribution in [1.29, 1.82) is 5.26 Å². The van der Waals surface area contributed by atoms with Crippen LogP contribution < -0.4 is 5.73 Å². The standard InChI is InChI=1S/C13H14N4/c1-9(15)13-8-16-17(10(13)2)12-5-3-11(7-14)4-6-12/h3-6,8-9H,15H2,1-2H3. The lowest BCUT2D eigenvalue weighted by atomic mass is 10.1. The highest BCUT2D eigenvalue weighted by molar-refractivity contribution is 5.40. The van der Waals surface area contributed by atoms with E-state index in [-0.39, 0.29) is 6.04 Å². The molecule has 0 amide bonds. The molecule has 0 radical (unpaired) electrons. The van der Waals surface area contributed by atoms with Crippen molar-refractivity contribution in [3.63, 3.8) is 0 Å². The molecule has 1 aromatic carbocycles. The molecule has 0 aliphatic rings. The zero-order chi connectivity index (χ0) is 12.4. The smallest absolute Gasteiger partial charge is 0.0991 e. The van der Waals surface area contributed by atoms with E-state index in [1.165, 1.54) is 0 Å². The van der Waals surface area contributed by atoms with Crippen LogP contribution in [0.3, 0.4) is 0 Å². The maximum absolute atomic E-state index is 8.74. The number of hydrogen-bond donors (Lipinski definition) is 1. The van der Waals surface area contributed by atoms with E-state index in [0.29, 0.717) is 5.56 Å². The predicted octanol–water partition coefficient (Wildman–Crippen LogP) is 2.07. The molecule has 4 nitrogen and oxygen atoms in total. The second-order valence-corrected chi connectivity index (χ2v) is 4.04. The van der Waals surface area contributed by atoms with Crippen LogP contribution in [0, 0.1) is 18.3 Å². The molecule has 1 heterocycles. The molecule has 2 rings (SSSR count). The molecule has 86 valence electrons. The minimum Gasteiger partial charge on any atom is -0.324 e. The van der Waals surface area contributed by atoms with Crippen molar-refractivity contribution in [3.05, 3.63) is 47.3 Å². The van der Waals surface area contributed by atoms with Crippen LogP contribution >= 0.6 is 0 Å². The quantitative estimate of drug-likeness (QED) is 0.852. The number of aromatic nitrogens is 2. The predicted molar refractivity (Wildman–Crippen MR) is 65.6 cm³/mol. The van der Waals surface area contributed by atoms with E-state index >= 15 is 0 Å². The van der Waals surface area contributed by atoms with Gasteiger partial charge in [-0.25, -0.2) is 4.68 Å². The summed E-state index contributed by atoms with van der Waals surface area (Å²) in [6, 6.07) is 9.38. The third-order valence-corrected chi connectivity index (χ3v) is 2.78. The molecule has 2 aromatic rings. The van der Waals surface area contributed by atoms with Crippen molar-refractivity contribution in [2.45, 2.75) is 19.9 Å². The highest BCUT2D eigenvalue weighted by Gasteiger charge is 2.10. The van der Waals surface area contributed by atoms with Crippen molar-refractivity contribution in [2.24, 2.45) is 5.73 Å². The fourth-order valence-electron chi connectivity index (χ4n) is 1.81. The Hall–Kier alpha value is -2.12. The third-order valence-electron chi connectivity index (χ3n) is 2.78. The molecule has 0 saturated heterocycles. The Morgan fingerprint density at radius 1 is 1.35 bits per heavy atom. The van der Waals surface area contributed by atoms with Gasteiger partial charge in [0.25, 0.3) is 0 Å². The normalized spacial score (nSPS) is 12.1. The molecule has 2 N–H and O–H groups in total. The van der Waals surface area contributed by atoms with Gasteiger partial charge >= 0.3 is 0 Å². The SMILES string of the molecule is Cc1c(C(C)N)cnn1-c1ccc(C#N)cc1. The fourth-order valence-corrected chi connectivity index (χ4v) is 1.81. The molecule has 0 bridgehead atoms. The van der Waals surface area contributed by atoms with Gasteiger partial charge in [-0.05, 0) is 38.1 Å². The second-order valence-electron chi connectivity index (χ2n) is 4.04. The summed E-state index contributed by atoms with van der Waals surface area (Å²) in [5.74, 6) is 0. The zero-order valence-electron chi connectivity index (χ0n) is 9.88. The summed E-state index contributed by atoms with van der Waals surface area (Å²) in [5, 5.41) is 13.1. The zero-order valence-corrected chi connectivity index (χ0v) is 9.88. The van der Waals surface area contributed by atoms with E-state index in [2.05, 4.69) is 11.2 Å². The Balaban J connectivity index is 2.43. The van der Waals surface area contributed by atoms with Gasteiger partial charge in [0.15, 0.2) is 0 Å². The van der Waals surface area contributed by atoms with E-state index in [9.17, 15) is 0 Å². The van der Waals surface area contributed by atoms with Gasteiger partial charge in [0, 0.05) is 17.3 Å². The molecule has 0 aliphatic heterocycles. The van der Waals surface area contributed by atoms with Gasteiger partial charge in [-0.1, -0.05) is 0 Å². The Kier molecular flexibility index (Phi) is 2.94. The number of benzene rings is 1. The summed E-state index contributed by atoms with van der Waals surface area (Å²) >= 11 is 0. The van der Waals surface area contributed by atoms with Gasteiger partial charge in [-0.3, -0.25) is 0 Å². The molecule has 1 aromatic heterocycles. The topological polar surface area (TPSA) is 67.6 Å². The van der Waals surface area contributed by atoms with Crippen LogP contribution in [0.1, 0.15) is 29.8 Å². The van der Waals surface area contributed by atoms with E-state index in [1.807, 2.05) is 30.7 Å². The van der Waals surface area contributed by atoms with E-state index in [1.54, 1.807) is 18.3 Å². The Morgan fingerprint density at radius 2 is 2.00 bits per heavy atom. The van der Waals surface area contributed by atoms with E-state index < -0.39 is 0 Å². The van der Waals surface area contributed by atoms with E-state index in [4.69, 9.17) is 11.0 Å². The van der Waals surface area contributed by atoms with Crippen molar-refractivity contribution >= 4 is 0 Å². The van der Waals surface area contributed by atoms with Crippen LogP contribution in [-0.4, -0.2) is 9.78 Å². The van der Waals surface area contributed by atoms with Crippen molar-refractivity contribution in [1.82, 2.24) is 9.78 Å². The lowest BCUT2D eigenvalue weighted by Crippen LogP contribution is -2.07. The minimum absolute atomic E-state index is 0.0258. The third kappa shape index (κ3) is 2.05. The minimum atomic E-state index is -0.0258. The average Bonchev–Trinajstić information content (AvgIpc) is 2.71. The molecule has 1 unspecified atom stereocenters. The van der Waals surface area contributed by atoms with Gasteiger partial charge in [0.1, 0.15) is 0 Å². The average molecular weight is 226 g/mol. The maximum atomic E-state index is 8.74. The largest absolute Gasteiger partial charge is 0.324 e. The Bertz CT molecular complexity index is 558. The van der Waals surface area contributed by atoms with Gasteiger partial charge in [0.05, 0.1) is 23.5 Å². The first-order valence-corrected chi connectivity index (χ1v) is 5.44. The van der Waals surface area contributed by atoms with Crippen LogP contribution in [0.5, 0.6) is 0 Å². The summed E-state index contributed by atoms with van der Waals surface area (Å²) in [6.07, 6.45) is 1.79. The Labute approximate surface area is 100 Å². The van der Waals surface area contributed by atoms with Crippen molar-refractivity contribution < 1.29 is 0 Å². The van der Waals surface area contributed by atoms with Crippen LogP contribution in [0.25, 0.3) is 5.69 Å². The summed E-state index contributed by atoms with van der Waals surface area (Å²) in [5.41, 5.74) is 9.51. The molecule has 17 heavy (non-hydrogen) atoms. The number of rotatable bonds is 2. The van der Waals surface area contributed by atoms with E-state index in [0.717, 1.165) is 16.9 Å². The fraction of sp³-hybridized carbons (Fsp3) is 0.231. The van der Waals surface area contributed by atoms with Gasteiger partial charge < -0.3 is 5.73 Å². The molecule has 0 aliphatic carbocycles. The molecule has 0 fully saturated rings.